The Morgan fingerprint density at radius 3 is 2.94 bits per heavy atom. The molecule has 0 aliphatic rings. The van der Waals surface area contributed by atoms with Crippen LogP contribution in [0.25, 0.3) is 22.4 Å². The van der Waals surface area contributed by atoms with Crippen molar-refractivity contribution in [2.75, 3.05) is 7.11 Å². The minimum atomic E-state index is 0.633. The second kappa shape index (κ2) is 4.31. The van der Waals surface area contributed by atoms with Gasteiger partial charge in [0.2, 0.25) is 0 Å². The number of nitrogens with zero attached hydrogens (tertiary/aromatic N) is 2. The third kappa shape index (κ3) is 1.80. The maximum Gasteiger partial charge on any atom is 0.142 e. The molecule has 0 atom stereocenters. The lowest BCUT2D eigenvalue weighted by Gasteiger charge is -2.05. The summed E-state index contributed by atoms with van der Waals surface area (Å²) < 4.78 is 5.32. The highest BCUT2D eigenvalue weighted by Gasteiger charge is 2.10. The fourth-order valence-corrected chi connectivity index (χ4v) is 2.01. The average molecular weight is 260 g/mol. The second-order valence-electron chi connectivity index (χ2n) is 3.82. The predicted octanol–water partition coefficient (Wildman–Crippen LogP) is 3.29. The zero-order valence-corrected chi connectivity index (χ0v) is 10.4. The number of imidazole rings is 1. The van der Waals surface area contributed by atoms with Gasteiger partial charge in [0.25, 0.3) is 0 Å². The van der Waals surface area contributed by atoms with Gasteiger partial charge in [-0.15, -0.1) is 0 Å². The van der Waals surface area contributed by atoms with Crippen molar-refractivity contribution in [2.45, 2.75) is 0 Å². The summed E-state index contributed by atoms with van der Waals surface area (Å²) in [6.07, 6.45) is 3.45. The van der Waals surface area contributed by atoms with E-state index < -0.39 is 0 Å². The normalized spacial score (nSPS) is 10.8. The van der Waals surface area contributed by atoms with Crippen LogP contribution in [0.15, 0.2) is 36.7 Å². The van der Waals surface area contributed by atoms with Gasteiger partial charge in [-0.3, -0.25) is 4.98 Å². The van der Waals surface area contributed by atoms with E-state index in [1.807, 2.05) is 18.2 Å². The monoisotopic (exact) mass is 259 g/mol. The topological polar surface area (TPSA) is 50.8 Å². The van der Waals surface area contributed by atoms with Crippen molar-refractivity contribution in [3.8, 4) is 17.1 Å². The molecule has 0 fully saturated rings. The minimum absolute atomic E-state index is 0.633. The van der Waals surface area contributed by atoms with E-state index in [1.54, 1.807) is 25.6 Å². The molecule has 90 valence electrons. The Labute approximate surface area is 109 Å². The number of benzene rings is 1. The minimum Gasteiger partial charge on any atom is -0.496 e. The summed E-state index contributed by atoms with van der Waals surface area (Å²) in [6, 6.07) is 7.34. The van der Waals surface area contributed by atoms with Crippen LogP contribution in [0, 0.1) is 0 Å². The van der Waals surface area contributed by atoms with Gasteiger partial charge in [-0.1, -0.05) is 11.6 Å². The summed E-state index contributed by atoms with van der Waals surface area (Å²) in [5.74, 6) is 1.43. The fourth-order valence-electron chi connectivity index (χ4n) is 1.85. The van der Waals surface area contributed by atoms with Gasteiger partial charge < -0.3 is 9.72 Å². The van der Waals surface area contributed by atoms with Crippen LogP contribution in [0.3, 0.4) is 0 Å². The van der Waals surface area contributed by atoms with E-state index in [4.69, 9.17) is 16.3 Å². The molecule has 1 aromatic carbocycles. The van der Waals surface area contributed by atoms with Crippen LogP contribution >= 0.6 is 11.6 Å². The number of halogens is 1. The van der Waals surface area contributed by atoms with Crippen molar-refractivity contribution in [1.82, 2.24) is 15.0 Å². The number of methoxy groups -OCH3 is 1. The molecule has 0 unspecified atom stereocenters. The first kappa shape index (κ1) is 11.0. The van der Waals surface area contributed by atoms with Crippen molar-refractivity contribution in [3.63, 3.8) is 0 Å². The molecular formula is C13H10ClN3O. The van der Waals surface area contributed by atoms with E-state index in [0.717, 1.165) is 22.4 Å². The molecule has 0 amide bonds. The van der Waals surface area contributed by atoms with Gasteiger partial charge in [0.05, 0.1) is 24.4 Å². The number of aromatic nitrogens is 3. The molecule has 4 nitrogen and oxygen atoms in total. The molecule has 0 aliphatic carbocycles. The largest absolute Gasteiger partial charge is 0.496 e. The van der Waals surface area contributed by atoms with Crippen LogP contribution in [-0.2, 0) is 0 Å². The molecule has 5 heteroatoms. The smallest absolute Gasteiger partial charge is 0.142 e. The highest BCUT2D eigenvalue weighted by Crippen LogP contribution is 2.31. The highest BCUT2D eigenvalue weighted by atomic mass is 35.5. The Balaban J connectivity index is 2.19. The summed E-state index contributed by atoms with van der Waals surface area (Å²) in [7, 11) is 1.61. The number of fused-ring (bicyclic) bond motifs is 1. The van der Waals surface area contributed by atoms with E-state index >= 15 is 0 Å². The van der Waals surface area contributed by atoms with Crippen LogP contribution in [0.1, 0.15) is 0 Å². The Kier molecular flexibility index (Phi) is 2.64. The van der Waals surface area contributed by atoms with Crippen LogP contribution in [-0.4, -0.2) is 22.1 Å². The Morgan fingerprint density at radius 2 is 2.17 bits per heavy atom. The number of ether oxygens (including phenoxy) is 1. The SMILES string of the molecule is COc1cc(Cl)ccc1-c1nc2cnccc2[nH]1. The van der Waals surface area contributed by atoms with Crippen LogP contribution < -0.4 is 4.74 Å². The molecule has 2 heterocycles. The lowest BCUT2D eigenvalue weighted by molar-refractivity contribution is 0.416. The standard InChI is InChI=1S/C13H10ClN3O/c1-18-12-6-8(14)2-3-9(12)13-16-10-4-5-15-7-11(10)17-13/h2-7H,1H3,(H,16,17). The molecule has 0 radical (unpaired) electrons. The Morgan fingerprint density at radius 1 is 1.28 bits per heavy atom. The molecule has 0 saturated heterocycles. The summed E-state index contributed by atoms with van der Waals surface area (Å²) in [5, 5.41) is 0.633. The molecule has 3 rings (SSSR count). The second-order valence-corrected chi connectivity index (χ2v) is 4.26. The van der Waals surface area contributed by atoms with Crippen molar-refractivity contribution >= 4 is 22.6 Å². The highest BCUT2D eigenvalue weighted by molar-refractivity contribution is 6.30. The molecule has 0 aliphatic heterocycles. The van der Waals surface area contributed by atoms with Gasteiger partial charge in [0.15, 0.2) is 0 Å². The maximum atomic E-state index is 5.94. The fraction of sp³-hybridized carbons (Fsp3) is 0.0769. The average Bonchev–Trinajstić information content (AvgIpc) is 2.82. The molecular weight excluding hydrogens is 250 g/mol. The first-order valence-electron chi connectivity index (χ1n) is 5.41. The summed E-state index contributed by atoms with van der Waals surface area (Å²) in [6.45, 7) is 0. The molecule has 0 saturated carbocycles. The van der Waals surface area contributed by atoms with Crippen LogP contribution in [0.2, 0.25) is 5.02 Å². The predicted molar refractivity (Wildman–Crippen MR) is 70.9 cm³/mol. The van der Waals surface area contributed by atoms with E-state index in [9.17, 15) is 0 Å². The zero-order chi connectivity index (χ0) is 12.5. The van der Waals surface area contributed by atoms with Gasteiger partial charge in [0.1, 0.15) is 17.1 Å². The number of H-pyrrole nitrogens is 1. The first-order chi connectivity index (χ1) is 8.78. The van der Waals surface area contributed by atoms with E-state index in [0.29, 0.717) is 10.8 Å². The van der Waals surface area contributed by atoms with Crippen LogP contribution in [0.4, 0.5) is 0 Å². The van der Waals surface area contributed by atoms with Gasteiger partial charge in [-0.2, -0.15) is 0 Å². The number of hydrogen-bond donors (Lipinski definition) is 1. The molecule has 2 aromatic heterocycles. The number of pyridine rings is 1. The van der Waals surface area contributed by atoms with Crippen molar-refractivity contribution in [3.05, 3.63) is 41.7 Å². The number of nitrogens with one attached hydrogen (secondary N) is 1. The lowest BCUT2D eigenvalue weighted by atomic mass is 10.2. The number of hydrogen-bond acceptors (Lipinski definition) is 3. The van der Waals surface area contributed by atoms with E-state index in [1.165, 1.54) is 0 Å². The third-order valence-corrected chi connectivity index (χ3v) is 2.94. The summed E-state index contributed by atoms with van der Waals surface area (Å²) in [4.78, 5) is 11.8. The number of rotatable bonds is 2. The Hall–Kier alpha value is -2.07. The maximum absolute atomic E-state index is 5.94. The molecule has 3 aromatic rings. The van der Waals surface area contributed by atoms with Crippen molar-refractivity contribution < 1.29 is 4.74 Å². The van der Waals surface area contributed by atoms with E-state index in [2.05, 4.69) is 15.0 Å². The van der Waals surface area contributed by atoms with Gasteiger partial charge in [0, 0.05) is 11.2 Å². The molecule has 18 heavy (non-hydrogen) atoms. The molecule has 0 bridgehead atoms. The summed E-state index contributed by atoms with van der Waals surface area (Å²) in [5.41, 5.74) is 2.64. The van der Waals surface area contributed by atoms with Gasteiger partial charge in [-0.05, 0) is 24.3 Å². The van der Waals surface area contributed by atoms with E-state index in [-0.39, 0.29) is 0 Å². The molecule has 0 spiro atoms. The quantitative estimate of drug-likeness (QED) is 0.768. The molecule has 1 N–H and O–H groups in total. The lowest BCUT2D eigenvalue weighted by Crippen LogP contribution is -1.89. The summed E-state index contributed by atoms with van der Waals surface area (Å²) >= 11 is 5.94. The van der Waals surface area contributed by atoms with Gasteiger partial charge in [-0.25, -0.2) is 4.98 Å². The van der Waals surface area contributed by atoms with Gasteiger partial charge >= 0.3 is 0 Å². The Bertz CT molecular complexity index is 675. The van der Waals surface area contributed by atoms with Crippen molar-refractivity contribution in [1.29, 1.82) is 0 Å². The van der Waals surface area contributed by atoms with Crippen molar-refractivity contribution in [2.24, 2.45) is 0 Å². The third-order valence-electron chi connectivity index (χ3n) is 2.70. The first-order valence-corrected chi connectivity index (χ1v) is 5.79. The zero-order valence-electron chi connectivity index (χ0n) is 9.64. The number of aromatic amines is 1. The van der Waals surface area contributed by atoms with Crippen LogP contribution in [0.5, 0.6) is 5.75 Å².